The van der Waals surface area contributed by atoms with Crippen molar-refractivity contribution >= 4 is 27.3 Å². The van der Waals surface area contributed by atoms with Crippen LogP contribution in [0.1, 0.15) is 29.5 Å². The van der Waals surface area contributed by atoms with Gasteiger partial charge in [0.25, 0.3) is 5.69 Å². The number of fused-ring (bicyclic) bond motifs is 3. The van der Waals surface area contributed by atoms with Crippen LogP contribution < -0.4 is 5.32 Å². The van der Waals surface area contributed by atoms with E-state index < -0.39 is 0 Å². The number of para-hydroxylation sites is 1. The number of rotatable bonds is 2. The van der Waals surface area contributed by atoms with Crippen molar-refractivity contribution in [2.75, 3.05) is 5.32 Å². The number of hydrogen-bond donors (Lipinski definition) is 1. The van der Waals surface area contributed by atoms with Crippen LogP contribution in [-0.2, 0) is 0 Å². The molecule has 2 aliphatic rings. The Morgan fingerprint density at radius 2 is 2.00 bits per heavy atom. The summed E-state index contributed by atoms with van der Waals surface area (Å²) in [6.45, 7) is 0. The molecule has 1 aliphatic heterocycles. The molecule has 0 bridgehead atoms. The molecule has 0 saturated carbocycles. The second kappa shape index (κ2) is 5.49. The molecule has 2 aromatic rings. The Kier molecular flexibility index (Phi) is 3.45. The smallest absolute Gasteiger partial charge is 0.274 e. The van der Waals surface area contributed by atoms with Crippen LogP contribution in [0.3, 0.4) is 0 Å². The van der Waals surface area contributed by atoms with Crippen molar-refractivity contribution in [3.63, 3.8) is 0 Å². The summed E-state index contributed by atoms with van der Waals surface area (Å²) < 4.78 is 1.06. The molecule has 23 heavy (non-hydrogen) atoms. The Balaban J connectivity index is 1.83. The van der Waals surface area contributed by atoms with Crippen LogP contribution >= 0.6 is 15.9 Å². The molecule has 4 rings (SSSR count). The lowest BCUT2D eigenvalue weighted by molar-refractivity contribution is -0.385. The molecule has 0 aromatic heterocycles. The summed E-state index contributed by atoms with van der Waals surface area (Å²) >= 11 is 3.54. The lowest BCUT2D eigenvalue weighted by Gasteiger charge is -2.37. The zero-order valence-electron chi connectivity index (χ0n) is 12.3. The lowest BCUT2D eigenvalue weighted by Crippen LogP contribution is -2.29. The summed E-state index contributed by atoms with van der Waals surface area (Å²) in [6.07, 6.45) is 5.35. The maximum Gasteiger partial charge on any atom is 0.274 e. The first-order valence-electron chi connectivity index (χ1n) is 7.61. The van der Waals surface area contributed by atoms with Gasteiger partial charge in [-0.3, -0.25) is 10.1 Å². The Hall–Kier alpha value is -2.14. The van der Waals surface area contributed by atoms with E-state index in [9.17, 15) is 10.1 Å². The zero-order chi connectivity index (χ0) is 16.0. The van der Waals surface area contributed by atoms with Crippen molar-refractivity contribution in [1.82, 2.24) is 0 Å². The fourth-order valence-electron chi connectivity index (χ4n) is 3.79. The van der Waals surface area contributed by atoms with E-state index in [0.29, 0.717) is 11.8 Å². The van der Waals surface area contributed by atoms with Crippen LogP contribution in [0.5, 0.6) is 0 Å². The SMILES string of the molecule is O=[N+]([O-])c1ccccc1[C@H]1Nc2ccc(Br)cc2[C@@H]2C=CC[C@H]12. The molecule has 0 radical (unpaired) electrons. The maximum atomic E-state index is 11.4. The fraction of sp³-hybridized carbons (Fsp3) is 0.222. The molecule has 1 heterocycles. The quantitative estimate of drug-likeness (QED) is 0.449. The second-order valence-electron chi connectivity index (χ2n) is 6.02. The number of allylic oxidation sites excluding steroid dienone is 2. The van der Waals surface area contributed by atoms with Gasteiger partial charge in [-0.25, -0.2) is 0 Å². The number of benzene rings is 2. The van der Waals surface area contributed by atoms with E-state index in [1.807, 2.05) is 24.3 Å². The van der Waals surface area contributed by atoms with Gasteiger partial charge < -0.3 is 5.32 Å². The predicted octanol–water partition coefficient (Wildman–Crippen LogP) is 5.18. The van der Waals surface area contributed by atoms with Gasteiger partial charge in [-0.15, -0.1) is 0 Å². The maximum absolute atomic E-state index is 11.4. The van der Waals surface area contributed by atoms with Crippen molar-refractivity contribution in [3.8, 4) is 0 Å². The zero-order valence-corrected chi connectivity index (χ0v) is 13.9. The van der Waals surface area contributed by atoms with Gasteiger partial charge in [0, 0.05) is 22.1 Å². The average Bonchev–Trinajstić information content (AvgIpc) is 3.04. The summed E-state index contributed by atoms with van der Waals surface area (Å²) in [4.78, 5) is 11.1. The highest BCUT2D eigenvalue weighted by molar-refractivity contribution is 9.10. The van der Waals surface area contributed by atoms with Crippen LogP contribution in [-0.4, -0.2) is 4.92 Å². The minimum atomic E-state index is -0.286. The van der Waals surface area contributed by atoms with Gasteiger partial charge >= 0.3 is 0 Å². The highest BCUT2D eigenvalue weighted by atomic mass is 79.9. The van der Waals surface area contributed by atoms with E-state index in [1.54, 1.807) is 12.1 Å². The first kappa shape index (κ1) is 14.5. The summed E-state index contributed by atoms with van der Waals surface area (Å²) in [7, 11) is 0. The molecular formula is C18H15BrN2O2. The van der Waals surface area contributed by atoms with Crippen molar-refractivity contribution in [1.29, 1.82) is 0 Å². The molecule has 1 N–H and O–H groups in total. The van der Waals surface area contributed by atoms with Crippen LogP contribution in [0.15, 0.2) is 59.1 Å². The standard InChI is InChI=1S/C18H15BrN2O2/c19-11-8-9-16-15(10-11)12-5-3-6-13(12)18(20-16)14-4-1-2-7-17(14)21(22)23/h1-5,7-10,12-13,18,20H,6H2/t12-,13+,18+/m1/s1. The summed E-state index contributed by atoms with van der Waals surface area (Å²) in [5, 5.41) is 14.9. The summed E-state index contributed by atoms with van der Waals surface area (Å²) in [5.41, 5.74) is 3.28. The molecule has 3 atom stereocenters. The molecule has 2 aromatic carbocycles. The van der Waals surface area contributed by atoms with Gasteiger partial charge in [-0.1, -0.05) is 46.3 Å². The average molecular weight is 371 g/mol. The topological polar surface area (TPSA) is 55.2 Å². The summed E-state index contributed by atoms with van der Waals surface area (Å²) in [6, 6.07) is 13.2. The van der Waals surface area contributed by atoms with Crippen molar-refractivity contribution in [3.05, 3.63) is 80.3 Å². The lowest BCUT2D eigenvalue weighted by atomic mass is 9.77. The molecule has 0 amide bonds. The number of nitro benzene ring substituents is 1. The fourth-order valence-corrected chi connectivity index (χ4v) is 4.17. The third-order valence-electron chi connectivity index (χ3n) is 4.79. The summed E-state index contributed by atoms with van der Waals surface area (Å²) in [5.74, 6) is 0.603. The van der Waals surface area contributed by atoms with Gasteiger partial charge in [0.15, 0.2) is 0 Å². The molecule has 0 fully saturated rings. The van der Waals surface area contributed by atoms with E-state index in [2.05, 4.69) is 39.5 Å². The molecule has 0 saturated heterocycles. The molecule has 1 aliphatic carbocycles. The number of nitro groups is 1. The number of anilines is 1. The predicted molar refractivity (Wildman–Crippen MR) is 93.6 cm³/mol. The minimum Gasteiger partial charge on any atom is -0.377 e. The number of nitrogens with one attached hydrogen (secondary N) is 1. The van der Waals surface area contributed by atoms with E-state index in [4.69, 9.17) is 0 Å². The molecule has 0 unspecified atom stereocenters. The van der Waals surface area contributed by atoms with E-state index >= 15 is 0 Å². The first-order valence-corrected chi connectivity index (χ1v) is 8.40. The highest BCUT2D eigenvalue weighted by Gasteiger charge is 2.40. The molecule has 4 nitrogen and oxygen atoms in total. The van der Waals surface area contributed by atoms with E-state index in [-0.39, 0.29) is 16.7 Å². The number of nitrogens with zero attached hydrogens (tertiary/aromatic N) is 1. The highest BCUT2D eigenvalue weighted by Crippen LogP contribution is 2.51. The molecule has 0 spiro atoms. The minimum absolute atomic E-state index is 0.0507. The van der Waals surface area contributed by atoms with Crippen molar-refractivity contribution in [2.24, 2.45) is 5.92 Å². The second-order valence-corrected chi connectivity index (χ2v) is 6.94. The molecule has 5 heteroatoms. The van der Waals surface area contributed by atoms with E-state index in [0.717, 1.165) is 22.1 Å². The third kappa shape index (κ3) is 2.36. The van der Waals surface area contributed by atoms with Crippen molar-refractivity contribution in [2.45, 2.75) is 18.4 Å². The van der Waals surface area contributed by atoms with Gasteiger partial charge in [-0.05, 0) is 36.1 Å². The van der Waals surface area contributed by atoms with Crippen LogP contribution in [0, 0.1) is 16.0 Å². The number of hydrogen-bond acceptors (Lipinski definition) is 3. The van der Waals surface area contributed by atoms with E-state index in [1.165, 1.54) is 5.56 Å². The largest absolute Gasteiger partial charge is 0.377 e. The first-order chi connectivity index (χ1) is 11.1. The van der Waals surface area contributed by atoms with Crippen LogP contribution in [0.2, 0.25) is 0 Å². The van der Waals surface area contributed by atoms with Gasteiger partial charge in [0.1, 0.15) is 0 Å². The van der Waals surface area contributed by atoms with Gasteiger partial charge in [0.05, 0.1) is 16.5 Å². The third-order valence-corrected chi connectivity index (χ3v) is 5.29. The number of halogens is 1. The monoisotopic (exact) mass is 370 g/mol. The normalized spacial score (nSPS) is 24.7. The Labute approximate surface area is 142 Å². The Bertz CT molecular complexity index is 818. The molecule has 116 valence electrons. The van der Waals surface area contributed by atoms with Crippen LogP contribution in [0.4, 0.5) is 11.4 Å². The molecular weight excluding hydrogens is 356 g/mol. The Morgan fingerprint density at radius 3 is 2.83 bits per heavy atom. The van der Waals surface area contributed by atoms with Crippen molar-refractivity contribution < 1.29 is 4.92 Å². The van der Waals surface area contributed by atoms with Crippen LogP contribution in [0.25, 0.3) is 0 Å². The van der Waals surface area contributed by atoms with Gasteiger partial charge in [-0.2, -0.15) is 0 Å². The Morgan fingerprint density at radius 1 is 1.17 bits per heavy atom. The van der Waals surface area contributed by atoms with Gasteiger partial charge in [0.2, 0.25) is 0 Å².